The van der Waals surface area contributed by atoms with E-state index in [4.69, 9.17) is 18.6 Å². The Kier molecular flexibility index (Phi) is 5.40. The largest absolute Gasteiger partial charge is 0.494 e. The molecular formula is C20H21N3O6. The summed E-state index contributed by atoms with van der Waals surface area (Å²) in [7, 11) is 2.75. The molecule has 3 aromatic rings. The molecule has 1 N–H and O–H groups in total. The first-order valence-corrected chi connectivity index (χ1v) is 8.73. The maximum atomic E-state index is 12.0. The Hall–Kier alpha value is -3.62. The molecule has 0 atom stereocenters. The smallest absolute Gasteiger partial charge is 0.412 e. The van der Waals surface area contributed by atoms with Crippen molar-refractivity contribution in [1.82, 2.24) is 9.97 Å². The van der Waals surface area contributed by atoms with E-state index < -0.39 is 17.7 Å². The second-order valence-electron chi connectivity index (χ2n) is 7.09. The Morgan fingerprint density at radius 2 is 1.90 bits per heavy atom. The molecule has 3 rings (SSSR count). The highest BCUT2D eigenvalue weighted by atomic mass is 16.6. The summed E-state index contributed by atoms with van der Waals surface area (Å²) in [6, 6.07) is 6.48. The van der Waals surface area contributed by atoms with Crippen molar-refractivity contribution in [3.05, 3.63) is 36.2 Å². The number of aromatic nitrogens is 2. The van der Waals surface area contributed by atoms with E-state index >= 15 is 0 Å². The van der Waals surface area contributed by atoms with Crippen LogP contribution in [0.4, 0.5) is 10.5 Å². The summed E-state index contributed by atoms with van der Waals surface area (Å²) in [5.74, 6) is 0.0315. The quantitative estimate of drug-likeness (QED) is 0.654. The van der Waals surface area contributed by atoms with Gasteiger partial charge in [0, 0.05) is 5.69 Å². The van der Waals surface area contributed by atoms with Gasteiger partial charge in [0.2, 0.25) is 5.89 Å². The molecule has 0 fully saturated rings. The number of ether oxygens (including phenoxy) is 3. The van der Waals surface area contributed by atoms with Gasteiger partial charge in [0.25, 0.3) is 0 Å². The van der Waals surface area contributed by atoms with Crippen LogP contribution in [-0.4, -0.2) is 41.9 Å². The van der Waals surface area contributed by atoms with Crippen LogP contribution in [0.5, 0.6) is 5.75 Å². The topological polar surface area (TPSA) is 113 Å². The molecule has 0 spiro atoms. The van der Waals surface area contributed by atoms with E-state index in [9.17, 15) is 9.59 Å². The summed E-state index contributed by atoms with van der Waals surface area (Å²) in [5.41, 5.74) is 1.44. The third-order valence-corrected chi connectivity index (χ3v) is 3.75. The average Bonchev–Trinajstić information content (AvgIpc) is 3.08. The number of pyridine rings is 1. The van der Waals surface area contributed by atoms with Gasteiger partial charge in [-0.3, -0.25) is 5.32 Å². The first kappa shape index (κ1) is 20.1. The molecule has 0 radical (unpaired) electrons. The standard InChI is InChI=1S/C20H21N3O6/c1-20(2,3)29-19(25)22-11-6-7-15-13(8-11)23-17(28-15)12-9-14(18(24)27-5)21-10-16(12)26-4/h6-10H,1-5H3,(H,22,25). The molecule has 0 unspecified atom stereocenters. The van der Waals surface area contributed by atoms with Crippen LogP contribution in [0.25, 0.3) is 22.6 Å². The van der Waals surface area contributed by atoms with Gasteiger partial charge in [-0.1, -0.05) is 0 Å². The first-order valence-electron chi connectivity index (χ1n) is 8.73. The van der Waals surface area contributed by atoms with E-state index in [1.807, 2.05) is 0 Å². The summed E-state index contributed by atoms with van der Waals surface area (Å²) in [4.78, 5) is 32.2. The van der Waals surface area contributed by atoms with Gasteiger partial charge in [-0.15, -0.1) is 0 Å². The van der Waals surface area contributed by atoms with Gasteiger partial charge in [-0.05, 0) is 45.0 Å². The van der Waals surface area contributed by atoms with E-state index in [0.717, 1.165) is 0 Å². The molecular weight excluding hydrogens is 378 g/mol. The summed E-state index contributed by atoms with van der Waals surface area (Å²) in [6.07, 6.45) is 0.824. The minimum absolute atomic E-state index is 0.0952. The predicted octanol–water partition coefficient (Wildman–Crippen LogP) is 4.03. The van der Waals surface area contributed by atoms with E-state index in [1.54, 1.807) is 39.0 Å². The third-order valence-electron chi connectivity index (χ3n) is 3.75. The highest BCUT2D eigenvalue weighted by Gasteiger charge is 2.19. The molecule has 0 aliphatic rings. The number of anilines is 1. The highest BCUT2D eigenvalue weighted by Crippen LogP contribution is 2.32. The summed E-state index contributed by atoms with van der Waals surface area (Å²) in [5, 5.41) is 2.66. The number of oxazole rings is 1. The minimum atomic E-state index is -0.607. The third kappa shape index (κ3) is 4.63. The second-order valence-corrected chi connectivity index (χ2v) is 7.09. The number of hydrogen-bond acceptors (Lipinski definition) is 8. The Morgan fingerprint density at radius 3 is 2.55 bits per heavy atom. The molecule has 0 saturated heterocycles. The molecule has 0 aliphatic carbocycles. The Labute approximate surface area is 167 Å². The van der Waals surface area contributed by atoms with Crippen molar-refractivity contribution in [2.24, 2.45) is 0 Å². The number of amides is 1. The normalized spacial score (nSPS) is 11.2. The SMILES string of the molecule is COC(=O)c1cc(-c2nc3cc(NC(=O)OC(C)(C)C)ccc3o2)c(OC)cn1. The average molecular weight is 399 g/mol. The molecule has 1 amide bonds. The fraction of sp³-hybridized carbons (Fsp3) is 0.300. The number of esters is 1. The maximum Gasteiger partial charge on any atom is 0.412 e. The highest BCUT2D eigenvalue weighted by molar-refractivity contribution is 5.91. The molecule has 0 saturated carbocycles. The van der Waals surface area contributed by atoms with Crippen molar-refractivity contribution in [3.63, 3.8) is 0 Å². The second kappa shape index (κ2) is 7.78. The number of methoxy groups -OCH3 is 2. The molecule has 9 heteroatoms. The molecule has 2 aromatic heterocycles. The molecule has 9 nitrogen and oxygen atoms in total. The predicted molar refractivity (Wildman–Crippen MR) is 105 cm³/mol. The van der Waals surface area contributed by atoms with Gasteiger partial charge >= 0.3 is 12.1 Å². The van der Waals surface area contributed by atoms with Crippen molar-refractivity contribution in [3.8, 4) is 17.2 Å². The number of hydrogen-bond donors (Lipinski definition) is 1. The molecule has 2 heterocycles. The number of carbonyl (C=O) groups excluding carboxylic acids is 2. The van der Waals surface area contributed by atoms with Crippen LogP contribution in [0.2, 0.25) is 0 Å². The van der Waals surface area contributed by atoms with E-state index in [2.05, 4.69) is 15.3 Å². The van der Waals surface area contributed by atoms with Crippen molar-refractivity contribution in [1.29, 1.82) is 0 Å². The van der Waals surface area contributed by atoms with E-state index in [1.165, 1.54) is 26.5 Å². The van der Waals surface area contributed by atoms with Crippen LogP contribution in [-0.2, 0) is 9.47 Å². The van der Waals surface area contributed by atoms with Crippen LogP contribution in [0.3, 0.4) is 0 Å². The van der Waals surface area contributed by atoms with Gasteiger partial charge in [0.05, 0.1) is 26.0 Å². The number of nitrogens with zero attached hydrogens (tertiary/aromatic N) is 2. The Bertz CT molecular complexity index is 1070. The number of carbonyl (C=O) groups is 2. The van der Waals surface area contributed by atoms with Crippen molar-refractivity contribution >= 4 is 28.8 Å². The lowest BCUT2D eigenvalue weighted by molar-refractivity contribution is 0.0591. The van der Waals surface area contributed by atoms with Crippen LogP contribution >= 0.6 is 0 Å². The number of rotatable bonds is 4. The van der Waals surface area contributed by atoms with Gasteiger partial charge < -0.3 is 18.6 Å². The monoisotopic (exact) mass is 399 g/mol. The molecule has 0 bridgehead atoms. The molecule has 29 heavy (non-hydrogen) atoms. The zero-order valence-electron chi connectivity index (χ0n) is 16.7. The summed E-state index contributed by atoms with van der Waals surface area (Å²) < 4.78 is 21.0. The van der Waals surface area contributed by atoms with E-state index in [0.29, 0.717) is 28.1 Å². The minimum Gasteiger partial charge on any atom is -0.494 e. The van der Waals surface area contributed by atoms with Gasteiger partial charge in [0.15, 0.2) is 5.58 Å². The molecule has 152 valence electrons. The van der Waals surface area contributed by atoms with Crippen molar-refractivity contribution < 1.29 is 28.2 Å². The van der Waals surface area contributed by atoms with Crippen molar-refractivity contribution in [2.75, 3.05) is 19.5 Å². The van der Waals surface area contributed by atoms with Crippen LogP contribution in [0.1, 0.15) is 31.3 Å². The summed E-state index contributed by atoms with van der Waals surface area (Å²) in [6.45, 7) is 5.35. The fourth-order valence-corrected chi connectivity index (χ4v) is 2.53. The molecule has 1 aromatic carbocycles. The number of benzene rings is 1. The fourth-order valence-electron chi connectivity index (χ4n) is 2.53. The zero-order chi connectivity index (χ0) is 21.2. The van der Waals surface area contributed by atoms with Crippen LogP contribution in [0.15, 0.2) is 34.9 Å². The van der Waals surface area contributed by atoms with E-state index in [-0.39, 0.29) is 11.6 Å². The van der Waals surface area contributed by atoms with Gasteiger partial charge in [0.1, 0.15) is 22.6 Å². The first-order chi connectivity index (χ1) is 13.7. The lowest BCUT2D eigenvalue weighted by atomic mass is 10.2. The van der Waals surface area contributed by atoms with Crippen molar-refractivity contribution in [2.45, 2.75) is 26.4 Å². The van der Waals surface area contributed by atoms with Crippen LogP contribution in [0, 0.1) is 0 Å². The maximum absolute atomic E-state index is 12.0. The number of fused-ring (bicyclic) bond motifs is 1. The van der Waals surface area contributed by atoms with Gasteiger partial charge in [-0.2, -0.15) is 0 Å². The summed E-state index contributed by atoms with van der Waals surface area (Å²) >= 11 is 0. The lowest BCUT2D eigenvalue weighted by Gasteiger charge is -2.19. The zero-order valence-corrected chi connectivity index (χ0v) is 16.7. The van der Waals surface area contributed by atoms with Gasteiger partial charge in [-0.25, -0.2) is 19.6 Å². The Morgan fingerprint density at radius 1 is 1.14 bits per heavy atom. The lowest BCUT2D eigenvalue weighted by Crippen LogP contribution is -2.27. The molecule has 0 aliphatic heterocycles. The van der Waals surface area contributed by atoms with Crippen LogP contribution < -0.4 is 10.1 Å². The number of nitrogens with one attached hydrogen (secondary N) is 1. The Balaban J connectivity index is 1.94.